The number of nitrogen functional groups attached to an aromatic ring is 1. The first kappa shape index (κ1) is 12.2. The number of rotatable bonds is 2. The zero-order chi connectivity index (χ0) is 13.9. The molecule has 98 valence electrons. The van der Waals surface area contributed by atoms with Crippen molar-refractivity contribution >= 4 is 23.1 Å². The summed E-state index contributed by atoms with van der Waals surface area (Å²) in [6, 6.07) is 16.9. The van der Waals surface area contributed by atoms with E-state index >= 15 is 0 Å². The first-order valence-corrected chi connectivity index (χ1v) is 6.26. The molecule has 0 amide bonds. The Bertz CT molecular complexity index is 835. The predicted molar refractivity (Wildman–Crippen MR) is 81.5 cm³/mol. The lowest BCUT2D eigenvalue weighted by Crippen LogP contribution is -2.30. The van der Waals surface area contributed by atoms with E-state index in [0.717, 1.165) is 10.2 Å². The summed E-state index contributed by atoms with van der Waals surface area (Å²) in [6.45, 7) is 0. The van der Waals surface area contributed by atoms with E-state index in [9.17, 15) is 4.79 Å². The van der Waals surface area contributed by atoms with Gasteiger partial charge in [-0.05, 0) is 23.8 Å². The number of hydrogen-bond acceptors (Lipinski definition) is 3. The minimum Gasteiger partial charge on any atom is -0.334 e. The molecule has 1 heterocycles. The highest BCUT2D eigenvalue weighted by molar-refractivity contribution is 5.79. The van der Waals surface area contributed by atoms with Gasteiger partial charge in [0.15, 0.2) is 5.82 Å². The Kier molecular flexibility index (Phi) is 3.05. The molecule has 0 spiro atoms. The summed E-state index contributed by atoms with van der Waals surface area (Å²) in [5.74, 6) is 6.23. The molecule has 2 aromatic carbocycles. The van der Waals surface area contributed by atoms with Gasteiger partial charge in [-0.1, -0.05) is 48.5 Å². The molecule has 0 aliphatic heterocycles. The van der Waals surface area contributed by atoms with Gasteiger partial charge in [-0.15, -0.1) is 0 Å². The van der Waals surface area contributed by atoms with Crippen molar-refractivity contribution in [3.8, 4) is 0 Å². The molecule has 2 N–H and O–H groups in total. The Labute approximate surface area is 115 Å². The molecule has 1 aromatic heterocycles. The van der Waals surface area contributed by atoms with E-state index in [2.05, 4.69) is 4.98 Å². The molecule has 4 heteroatoms. The molecule has 0 aliphatic rings. The van der Waals surface area contributed by atoms with Crippen molar-refractivity contribution in [3.05, 3.63) is 76.3 Å². The second-order valence-corrected chi connectivity index (χ2v) is 4.41. The zero-order valence-electron chi connectivity index (χ0n) is 10.7. The van der Waals surface area contributed by atoms with Crippen molar-refractivity contribution in [3.63, 3.8) is 0 Å². The predicted octanol–water partition coefficient (Wildman–Crippen LogP) is 2.28. The van der Waals surface area contributed by atoms with Gasteiger partial charge in [-0.3, -0.25) is 4.79 Å². The summed E-state index contributed by atoms with van der Waals surface area (Å²) < 4.78 is 1.07. The minimum absolute atomic E-state index is 0.247. The van der Waals surface area contributed by atoms with E-state index in [1.165, 1.54) is 0 Å². The smallest absolute Gasteiger partial charge is 0.280 e. The molecule has 0 aliphatic carbocycles. The number of nitrogens with two attached hydrogens (primary N) is 1. The van der Waals surface area contributed by atoms with Gasteiger partial charge in [-0.2, -0.15) is 0 Å². The first-order valence-electron chi connectivity index (χ1n) is 6.26. The molecule has 3 aromatic rings. The summed E-state index contributed by atoms with van der Waals surface area (Å²) in [7, 11) is 0. The summed E-state index contributed by atoms with van der Waals surface area (Å²) in [4.78, 5) is 16.5. The van der Waals surface area contributed by atoms with Gasteiger partial charge in [0.1, 0.15) is 0 Å². The quantitative estimate of drug-likeness (QED) is 0.721. The molecule has 0 saturated heterocycles. The molecular weight excluding hydrogens is 250 g/mol. The lowest BCUT2D eigenvalue weighted by atomic mass is 10.2. The van der Waals surface area contributed by atoms with Crippen LogP contribution in [-0.2, 0) is 0 Å². The second kappa shape index (κ2) is 5.01. The lowest BCUT2D eigenvalue weighted by Gasteiger charge is -2.05. The van der Waals surface area contributed by atoms with Gasteiger partial charge < -0.3 is 5.84 Å². The van der Waals surface area contributed by atoms with Gasteiger partial charge in [0.05, 0.1) is 10.9 Å². The van der Waals surface area contributed by atoms with Gasteiger partial charge >= 0.3 is 0 Å². The van der Waals surface area contributed by atoms with E-state index in [4.69, 9.17) is 5.84 Å². The van der Waals surface area contributed by atoms with E-state index in [1.807, 2.05) is 42.5 Å². The normalized spacial score (nSPS) is 11.2. The Morgan fingerprint density at radius 2 is 1.65 bits per heavy atom. The van der Waals surface area contributed by atoms with E-state index in [0.29, 0.717) is 16.7 Å². The maximum absolute atomic E-state index is 12.1. The van der Waals surface area contributed by atoms with E-state index in [1.54, 1.807) is 24.3 Å². The number of benzene rings is 2. The van der Waals surface area contributed by atoms with Gasteiger partial charge in [0.25, 0.3) is 5.56 Å². The lowest BCUT2D eigenvalue weighted by molar-refractivity contribution is 0.896. The number of aromatic nitrogens is 2. The van der Waals surface area contributed by atoms with Crippen molar-refractivity contribution in [2.75, 3.05) is 5.84 Å². The van der Waals surface area contributed by atoms with Crippen LogP contribution in [0.1, 0.15) is 11.4 Å². The Hall–Kier alpha value is -2.88. The van der Waals surface area contributed by atoms with E-state index < -0.39 is 0 Å². The highest BCUT2D eigenvalue weighted by Gasteiger charge is 2.05. The van der Waals surface area contributed by atoms with Crippen LogP contribution in [0, 0.1) is 0 Å². The Morgan fingerprint density at radius 3 is 2.45 bits per heavy atom. The summed E-state index contributed by atoms with van der Waals surface area (Å²) >= 11 is 0. The fourth-order valence-electron chi connectivity index (χ4n) is 2.02. The van der Waals surface area contributed by atoms with Crippen molar-refractivity contribution in [2.24, 2.45) is 0 Å². The highest BCUT2D eigenvalue weighted by Crippen LogP contribution is 2.09. The number of para-hydroxylation sites is 1. The van der Waals surface area contributed by atoms with Crippen LogP contribution in [0.25, 0.3) is 23.1 Å². The van der Waals surface area contributed by atoms with Crippen LogP contribution in [0.15, 0.2) is 59.4 Å². The van der Waals surface area contributed by atoms with Gasteiger partial charge in [0, 0.05) is 0 Å². The molecule has 0 unspecified atom stereocenters. The van der Waals surface area contributed by atoms with Crippen molar-refractivity contribution in [1.82, 2.24) is 9.66 Å². The molecule has 0 fully saturated rings. The molecule has 0 saturated carbocycles. The molecular formula is C16H13N3O. The second-order valence-electron chi connectivity index (χ2n) is 4.41. The number of nitrogens with zero attached hydrogens (tertiary/aromatic N) is 2. The zero-order valence-corrected chi connectivity index (χ0v) is 10.7. The molecule has 0 radical (unpaired) electrons. The third-order valence-electron chi connectivity index (χ3n) is 3.06. The Morgan fingerprint density at radius 1 is 0.950 bits per heavy atom. The Balaban J connectivity index is 2.11. The average Bonchev–Trinajstić information content (AvgIpc) is 2.50. The largest absolute Gasteiger partial charge is 0.334 e. The maximum atomic E-state index is 12.1. The van der Waals surface area contributed by atoms with Crippen molar-refractivity contribution in [2.45, 2.75) is 0 Å². The SMILES string of the molecule is Nn1c(/C=C/c2ccccc2)nc2ccccc2c1=O. The molecule has 0 atom stereocenters. The van der Waals surface area contributed by atoms with Crippen LogP contribution < -0.4 is 11.4 Å². The molecule has 0 bridgehead atoms. The monoisotopic (exact) mass is 263 g/mol. The average molecular weight is 263 g/mol. The van der Waals surface area contributed by atoms with Crippen LogP contribution in [0.5, 0.6) is 0 Å². The topological polar surface area (TPSA) is 60.9 Å². The summed E-state index contributed by atoms with van der Waals surface area (Å²) in [5, 5.41) is 0.520. The first-order chi connectivity index (χ1) is 9.75. The third kappa shape index (κ3) is 2.19. The van der Waals surface area contributed by atoms with E-state index in [-0.39, 0.29) is 5.56 Å². The van der Waals surface area contributed by atoms with Crippen LogP contribution in [0.2, 0.25) is 0 Å². The fourth-order valence-corrected chi connectivity index (χ4v) is 2.02. The number of fused-ring (bicyclic) bond motifs is 1. The van der Waals surface area contributed by atoms with Gasteiger partial charge in [-0.25, -0.2) is 9.66 Å². The maximum Gasteiger partial charge on any atom is 0.280 e. The fraction of sp³-hybridized carbons (Fsp3) is 0. The van der Waals surface area contributed by atoms with Crippen LogP contribution in [0.3, 0.4) is 0 Å². The van der Waals surface area contributed by atoms with Crippen molar-refractivity contribution < 1.29 is 0 Å². The molecule has 3 rings (SSSR count). The molecule has 4 nitrogen and oxygen atoms in total. The third-order valence-corrected chi connectivity index (χ3v) is 3.06. The number of hydrogen-bond donors (Lipinski definition) is 1. The van der Waals surface area contributed by atoms with Gasteiger partial charge in [0.2, 0.25) is 0 Å². The van der Waals surface area contributed by atoms with Crippen LogP contribution in [0.4, 0.5) is 0 Å². The molecule has 20 heavy (non-hydrogen) atoms. The standard InChI is InChI=1S/C16H13N3O/c17-19-15(11-10-12-6-2-1-3-7-12)18-14-9-5-4-8-13(14)16(19)20/h1-11H,17H2/b11-10+. The van der Waals surface area contributed by atoms with Crippen LogP contribution in [-0.4, -0.2) is 9.66 Å². The summed E-state index contributed by atoms with van der Waals surface area (Å²) in [6.07, 6.45) is 3.61. The van der Waals surface area contributed by atoms with Crippen LogP contribution >= 0.6 is 0 Å². The summed E-state index contributed by atoms with van der Waals surface area (Å²) in [5.41, 5.74) is 1.42. The van der Waals surface area contributed by atoms with Crippen molar-refractivity contribution in [1.29, 1.82) is 0 Å². The minimum atomic E-state index is -0.247. The highest BCUT2D eigenvalue weighted by atomic mass is 16.1.